The van der Waals surface area contributed by atoms with E-state index in [9.17, 15) is 26.7 Å². The molecule has 182 valence electrons. The second-order valence-corrected chi connectivity index (χ2v) is 8.56. The van der Waals surface area contributed by atoms with Gasteiger partial charge in [-0.2, -0.15) is 13.2 Å². The first kappa shape index (κ1) is 25.8. The fourth-order valence-corrected chi connectivity index (χ4v) is 4.27. The normalized spacial score (nSPS) is 11.6. The number of hydrogen-bond acceptors (Lipinski definition) is 4. The molecule has 3 aromatic rings. The van der Waals surface area contributed by atoms with Crippen molar-refractivity contribution >= 4 is 28.1 Å². The van der Waals surface area contributed by atoms with Crippen LogP contribution in [0.1, 0.15) is 44.1 Å². The number of benzene rings is 2. The molecule has 0 aliphatic rings. The molecule has 2 N–H and O–H groups in total. The van der Waals surface area contributed by atoms with Gasteiger partial charge in [0.15, 0.2) is 5.13 Å². The Kier molecular flexibility index (Phi) is 8.73. The van der Waals surface area contributed by atoms with Crippen LogP contribution >= 0.6 is 11.3 Å². The number of amides is 1. The summed E-state index contributed by atoms with van der Waals surface area (Å²) in [7, 11) is 0. The van der Waals surface area contributed by atoms with Gasteiger partial charge in [0, 0.05) is 23.4 Å². The van der Waals surface area contributed by atoms with E-state index in [1.54, 1.807) is 0 Å². The van der Waals surface area contributed by atoms with Gasteiger partial charge in [0.1, 0.15) is 11.6 Å². The second-order valence-electron chi connectivity index (χ2n) is 7.72. The molecule has 10 heteroatoms. The number of nitrogens with two attached hydrogens (primary N) is 1. The summed E-state index contributed by atoms with van der Waals surface area (Å²) in [5.74, 6) is -1.87. The van der Waals surface area contributed by atoms with E-state index in [4.69, 9.17) is 5.73 Å². The first-order valence-corrected chi connectivity index (χ1v) is 11.7. The largest absolute Gasteiger partial charge is 0.416 e. The van der Waals surface area contributed by atoms with Gasteiger partial charge in [-0.25, -0.2) is 13.8 Å². The van der Waals surface area contributed by atoms with Gasteiger partial charge in [0.2, 0.25) is 5.91 Å². The molecule has 0 radical (unpaired) electrons. The molecule has 1 aromatic heterocycles. The average Bonchev–Trinajstić information content (AvgIpc) is 3.25. The van der Waals surface area contributed by atoms with Gasteiger partial charge in [-0.1, -0.05) is 19.3 Å². The molecule has 0 saturated carbocycles. The number of aromatic nitrogens is 1. The zero-order chi connectivity index (χ0) is 24.7. The van der Waals surface area contributed by atoms with Crippen LogP contribution in [0.25, 0.3) is 11.3 Å². The number of nitrogens with zero attached hydrogens (tertiary/aromatic N) is 2. The summed E-state index contributed by atoms with van der Waals surface area (Å²) < 4.78 is 66.4. The van der Waals surface area contributed by atoms with E-state index in [0.717, 1.165) is 61.3 Å². The molecule has 34 heavy (non-hydrogen) atoms. The standard InChI is InChI=1S/C24H24F5N3OS/c25-17-9-12-19(20(26)14-17)21-15-34-23(31-21)32(22(33)6-4-2-1-3-5-13-30)18-10-7-16(8-11-18)24(27,28)29/h7-12,14-15H,1-6,13,30H2. The van der Waals surface area contributed by atoms with Crippen LogP contribution in [-0.4, -0.2) is 17.4 Å². The number of unbranched alkanes of at least 4 members (excludes halogenated alkanes) is 4. The molecule has 0 spiro atoms. The number of hydrogen-bond donors (Lipinski definition) is 1. The Morgan fingerprint density at radius 3 is 2.29 bits per heavy atom. The van der Waals surface area contributed by atoms with Crippen molar-refractivity contribution < 1.29 is 26.7 Å². The highest BCUT2D eigenvalue weighted by Crippen LogP contribution is 2.36. The molecule has 0 bridgehead atoms. The highest BCUT2D eigenvalue weighted by molar-refractivity contribution is 7.14. The quantitative estimate of drug-likeness (QED) is 0.241. The van der Waals surface area contributed by atoms with Crippen molar-refractivity contribution in [1.29, 1.82) is 0 Å². The topological polar surface area (TPSA) is 59.2 Å². The Hall–Kier alpha value is -2.85. The van der Waals surface area contributed by atoms with E-state index in [1.165, 1.54) is 28.5 Å². The molecule has 4 nitrogen and oxygen atoms in total. The molecule has 0 aliphatic carbocycles. The fraction of sp³-hybridized carbons (Fsp3) is 0.333. The van der Waals surface area contributed by atoms with Crippen molar-refractivity contribution in [3.63, 3.8) is 0 Å². The Morgan fingerprint density at radius 1 is 0.971 bits per heavy atom. The number of anilines is 2. The van der Waals surface area contributed by atoms with Gasteiger partial charge in [-0.15, -0.1) is 11.3 Å². The zero-order valence-corrected chi connectivity index (χ0v) is 19.1. The van der Waals surface area contributed by atoms with Gasteiger partial charge in [-0.05, 0) is 55.8 Å². The van der Waals surface area contributed by atoms with E-state index in [-0.39, 0.29) is 34.4 Å². The van der Waals surface area contributed by atoms with Crippen LogP contribution in [0.4, 0.5) is 32.8 Å². The first-order chi connectivity index (χ1) is 16.2. The van der Waals surface area contributed by atoms with Crippen LogP contribution in [0.2, 0.25) is 0 Å². The Morgan fingerprint density at radius 2 is 1.65 bits per heavy atom. The lowest BCUT2D eigenvalue weighted by atomic mass is 10.1. The summed E-state index contributed by atoms with van der Waals surface area (Å²) in [5, 5.41) is 1.70. The van der Waals surface area contributed by atoms with E-state index in [2.05, 4.69) is 4.98 Å². The monoisotopic (exact) mass is 497 g/mol. The molecule has 0 atom stereocenters. The van der Waals surface area contributed by atoms with E-state index in [1.807, 2.05) is 0 Å². The third kappa shape index (κ3) is 6.60. The summed E-state index contributed by atoms with van der Waals surface area (Å²) in [6.45, 7) is 0.613. The minimum atomic E-state index is -4.51. The van der Waals surface area contributed by atoms with Crippen molar-refractivity contribution in [3.8, 4) is 11.3 Å². The van der Waals surface area contributed by atoms with Gasteiger partial charge >= 0.3 is 6.18 Å². The van der Waals surface area contributed by atoms with Crippen LogP contribution in [-0.2, 0) is 11.0 Å². The predicted octanol–water partition coefficient (Wildman–Crippen LogP) is 7.07. The molecule has 0 unspecified atom stereocenters. The lowest BCUT2D eigenvalue weighted by molar-refractivity contribution is -0.137. The SMILES string of the molecule is NCCCCCCCC(=O)N(c1ccc(C(F)(F)F)cc1)c1nc(-c2ccc(F)cc2F)cs1. The highest BCUT2D eigenvalue weighted by Gasteiger charge is 2.31. The van der Waals surface area contributed by atoms with E-state index >= 15 is 0 Å². The molecule has 0 fully saturated rings. The van der Waals surface area contributed by atoms with Gasteiger partial charge in [0.05, 0.1) is 16.9 Å². The van der Waals surface area contributed by atoms with Crippen LogP contribution in [0.5, 0.6) is 0 Å². The van der Waals surface area contributed by atoms with Crippen LogP contribution < -0.4 is 10.6 Å². The Bertz CT molecular complexity index is 1100. The molecule has 2 aromatic carbocycles. The number of thiazole rings is 1. The van der Waals surface area contributed by atoms with Gasteiger partial charge < -0.3 is 5.73 Å². The van der Waals surface area contributed by atoms with E-state index < -0.39 is 23.4 Å². The molecular formula is C24H24F5N3OS. The number of rotatable bonds is 10. The van der Waals surface area contributed by atoms with Crippen LogP contribution in [0, 0.1) is 11.6 Å². The summed E-state index contributed by atoms with van der Waals surface area (Å²) in [6, 6.07) is 7.30. The Balaban J connectivity index is 1.86. The zero-order valence-electron chi connectivity index (χ0n) is 18.2. The maximum absolute atomic E-state index is 14.2. The molecule has 0 aliphatic heterocycles. The van der Waals surface area contributed by atoms with Gasteiger partial charge in [-0.3, -0.25) is 9.69 Å². The predicted molar refractivity (Wildman–Crippen MR) is 123 cm³/mol. The molecule has 1 heterocycles. The highest BCUT2D eigenvalue weighted by atomic mass is 32.1. The number of carbonyl (C=O) groups excluding carboxylic acids is 1. The van der Waals surface area contributed by atoms with Crippen molar-refractivity contribution in [3.05, 3.63) is 65.0 Å². The lowest BCUT2D eigenvalue weighted by Crippen LogP contribution is -2.25. The van der Waals surface area contributed by atoms with Gasteiger partial charge in [0.25, 0.3) is 0 Å². The number of carbonyl (C=O) groups is 1. The lowest BCUT2D eigenvalue weighted by Gasteiger charge is -2.21. The van der Waals surface area contributed by atoms with Crippen molar-refractivity contribution in [2.45, 2.75) is 44.7 Å². The smallest absolute Gasteiger partial charge is 0.330 e. The molecule has 0 saturated heterocycles. The Labute approximate surface area is 198 Å². The van der Waals surface area contributed by atoms with Crippen molar-refractivity contribution in [2.75, 3.05) is 11.4 Å². The summed E-state index contributed by atoms with van der Waals surface area (Å²) in [4.78, 5) is 18.7. The van der Waals surface area contributed by atoms with Crippen molar-refractivity contribution in [2.24, 2.45) is 5.73 Å². The third-order valence-electron chi connectivity index (χ3n) is 5.19. The summed E-state index contributed by atoms with van der Waals surface area (Å²) in [5.41, 5.74) is 5.12. The minimum Gasteiger partial charge on any atom is -0.330 e. The summed E-state index contributed by atoms with van der Waals surface area (Å²) in [6.07, 6.45) is -0.119. The number of halogens is 5. The molecular weight excluding hydrogens is 473 g/mol. The number of alkyl halides is 3. The minimum absolute atomic E-state index is 0.0589. The van der Waals surface area contributed by atoms with Crippen LogP contribution in [0.3, 0.4) is 0 Å². The maximum Gasteiger partial charge on any atom is 0.416 e. The third-order valence-corrected chi connectivity index (χ3v) is 6.01. The second kappa shape index (κ2) is 11.5. The van der Waals surface area contributed by atoms with E-state index in [0.29, 0.717) is 13.0 Å². The average molecular weight is 498 g/mol. The first-order valence-electron chi connectivity index (χ1n) is 10.8. The maximum atomic E-state index is 14.2. The molecule has 1 amide bonds. The van der Waals surface area contributed by atoms with Crippen LogP contribution in [0.15, 0.2) is 47.8 Å². The fourth-order valence-electron chi connectivity index (χ4n) is 3.41. The molecule has 3 rings (SSSR count). The summed E-state index contributed by atoms with van der Waals surface area (Å²) >= 11 is 1.05. The van der Waals surface area contributed by atoms with Crippen molar-refractivity contribution in [1.82, 2.24) is 4.98 Å².